The fraction of sp³-hybridized carbons (Fsp3) is 0.200. The molecule has 7 heteroatoms. The van der Waals surface area contributed by atoms with Crippen molar-refractivity contribution in [2.45, 2.75) is 13.5 Å². The van der Waals surface area contributed by atoms with Gasteiger partial charge < -0.3 is 15.5 Å². The van der Waals surface area contributed by atoms with Crippen molar-refractivity contribution >= 4 is 23.1 Å². The summed E-state index contributed by atoms with van der Waals surface area (Å²) in [5.41, 5.74) is 3.17. The van der Waals surface area contributed by atoms with Crippen LogP contribution in [0.4, 0.5) is 17.2 Å². The molecule has 1 aromatic carbocycles. The highest BCUT2D eigenvalue weighted by atomic mass is 16.1. The minimum Gasteiger partial charge on any atom is -0.378 e. The first-order valence-corrected chi connectivity index (χ1v) is 8.58. The van der Waals surface area contributed by atoms with Gasteiger partial charge in [-0.2, -0.15) is 0 Å². The van der Waals surface area contributed by atoms with Gasteiger partial charge in [-0.25, -0.2) is 9.97 Å². The van der Waals surface area contributed by atoms with E-state index in [1.807, 2.05) is 55.4 Å². The number of benzene rings is 1. The van der Waals surface area contributed by atoms with Crippen molar-refractivity contribution in [2.24, 2.45) is 0 Å². The Morgan fingerprint density at radius 1 is 1.04 bits per heavy atom. The fourth-order valence-electron chi connectivity index (χ4n) is 2.51. The van der Waals surface area contributed by atoms with Gasteiger partial charge in [-0.3, -0.25) is 9.78 Å². The molecular weight excluding hydrogens is 340 g/mol. The van der Waals surface area contributed by atoms with E-state index in [1.54, 1.807) is 25.4 Å². The summed E-state index contributed by atoms with van der Waals surface area (Å²) in [4.78, 5) is 27.2. The second-order valence-electron chi connectivity index (χ2n) is 6.29. The molecule has 3 rings (SSSR count). The molecule has 1 amide bonds. The molecule has 2 heterocycles. The maximum atomic E-state index is 12.6. The number of nitrogens with zero attached hydrogens (tertiary/aromatic N) is 4. The van der Waals surface area contributed by atoms with E-state index in [1.165, 1.54) is 0 Å². The monoisotopic (exact) mass is 362 g/mol. The third-order valence-electron chi connectivity index (χ3n) is 3.94. The summed E-state index contributed by atoms with van der Waals surface area (Å²) >= 11 is 0. The predicted molar refractivity (Wildman–Crippen MR) is 107 cm³/mol. The summed E-state index contributed by atoms with van der Waals surface area (Å²) < 4.78 is 0. The number of hydrogen-bond acceptors (Lipinski definition) is 6. The van der Waals surface area contributed by atoms with E-state index in [0.29, 0.717) is 29.6 Å². The largest absolute Gasteiger partial charge is 0.378 e. The van der Waals surface area contributed by atoms with Gasteiger partial charge >= 0.3 is 0 Å². The maximum Gasteiger partial charge on any atom is 0.274 e. The van der Waals surface area contributed by atoms with E-state index in [0.717, 1.165) is 11.3 Å². The number of carbonyl (C=O) groups excluding carboxylic acids is 1. The quantitative estimate of drug-likeness (QED) is 0.701. The molecule has 2 aromatic heterocycles. The van der Waals surface area contributed by atoms with Crippen LogP contribution in [0.2, 0.25) is 0 Å². The van der Waals surface area contributed by atoms with Crippen molar-refractivity contribution in [1.82, 2.24) is 15.0 Å². The van der Waals surface area contributed by atoms with Crippen molar-refractivity contribution in [3.8, 4) is 0 Å². The number of carbonyl (C=O) groups is 1. The summed E-state index contributed by atoms with van der Waals surface area (Å²) in [6.45, 7) is 2.35. The molecule has 0 aliphatic carbocycles. The number of aromatic nitrogens is 3. The molecule has 0 spiro atoms. The smallest absolute Gasteiger partial charge is 0.274 e. The second-order valence-corrected chi connectivity index (χ2v) is 6.29. The topological polar surface area (TPSA) is 83.0 Å². The maximum absolute atomic E-state index is 12.6. The average Bonchev–Trinajstić information content (AvgIpc) is 2.67. The summed E-state index contributed by atoms with van der Waals surface area (Å²) in [7, 11) is 3.94. The molecule has 0 saturated heterocycles. The van der Waals surface area contributed by atoms with Crippen LogP contribution in [0.3, 0.4) is 0 Å². The molecule has 0 fully saturated rings. The number of rotatable bonds is 6. The Morgan fingerprint density at radius 3 is 2.41 bits per heavy atom. The first kappa shape index (κ1) is 18.3. The molecule has 0 atom stereocenters. The van der Waals surface area contributed by atoms with Crippen LogP contribution < -0.4 is 15.5 Å². The van der Waals surface area contributed by atoms with E-state index in [9.17, 15) is 4.79 Å². The lowest BCUT2D eigenvalue weighted by atomic mass is 10.2. The molecule has 2 N–H and O–H groups in total. The van der Waals surface area contributed by atoms with Crippen molar-refractivity contribution in [1.29, 1.82) is 0 Å². The molecule has 3 aromatic rings. The van der Waals surface area contributed by atoms with Gasteiger partial charge in [0.05, 0.1) is 0 Å². The fourth-order valence-corrected chi connectivity index (χ4v) is 2.51. The minimum absolute atomic E-state index is 0.273. The molecule has 0 saturated carbocycles. The van der Waals surface area contributed by atoms with Gasteiger partial charge in [-0.15, -0.1) is 0 Å². The zero-order valence-corrected chi connectivity index (χ0v) is 15.6. The van der Waals surface area contributed by atoms with E-state index < -0.39 is 0 Å². The van der Waals surface area contributed by atoms with Crippen LogP contribution in [-0.2, 0) is 6.54 Å². The predicted octanol–water partition coefficient (Wildman–Crippen LogP) is 3.11. The Labute approximate surface area is 158 Å². The number of nitrogens with one attached hydrogen (secondary N) is 2. The highest BCUT2D eigenvalue weighted by Gasteiger charge is 2.11. The first-order chi connectivity index (χ1) is 13.0. The van der Waals surface area contributed by atoms with E-state index in [-0.39, 0.29) is 5.91 Å². The zero-order valence-electron chi connectivity index (χ0n) is 15.6. The molecule has 0 radical (unpaired) electrons. The van der Waals surface area contributed by atoms with Crippen LogP contribution in [0.5, 0.6) is 0 Å². The Morgan fingerprint density at radius 2 is 1.74 bits per heavy atom. The van der Waals surface area contributed by atoms with Gasteiger partial charge in [-0.1, -0.05) is 0 Å². The molecular formula is C20H22N6O. The molecule has 27 heavy (non-hydrogen) atoms. The van der Waals surface area contributed by atoms with Gasteiger partial charge in [-0.05, 0) is 48.9 Å². The number of hydrogen-bond donors (Lipinski definition) is 2. The normalized spacial score (nSPS) is 10.3. The summed E-state index contributed by atoms with van der Waals surface area (Å²) in [5, 5.41) is 6.09. The number of aryl methyl sites for hydroxylation is 1. The first-order valence-electron chi connectivity index (χ1n) is 8.58. The van der Waals surface area contributed by atoms with Crippen molar-refractivity contribution in [3.05, 3.63) is 71.9 Å². The van der Waals surface area contributed by atoms with Crippen molar-refractivity contribution in [2.75, 3.05) is 29.6 Å². The van der Waals surface area contributed by atoms with Crippen molar-refractivity contribution in [3.63, 3.8) is 0 Å². The van der Waals surface area contributed by atoms with E-state index in [2.05, 4.69) is 25.6 Å². The van der Waals surface area contributed by atoms with Gasteiger partial charge in [0.15, 0.2) is 0 Å². The van der Waals surface area contributed by atoms with E-state index >= 15 is 0 Å². The standard InChI is InChI=1S/C20H22N6O/c1-14-23-18(12-19(24-14)22-13-15-8-10-21-11-9-15)20(27)25-16-4-6-17(7-5-16)26(2)3/h4-12H,13H2,1-3H3,(H,25,27)(H,22,23,24). The van der Waals surface area contributed by atoms with Crippen LogP contribution in [-0.4, -0.2) is 35.0 Å². The van der Waals surface area contributed by atoms with Crippen LogP contribution >= 0.6 is 0 Å². The third-order valence-corrected chi connectivity index (χ3v) is 3.94. The minimum atomic E-state index is -0.273. The van der Waals surface area contributed by atoms with Gasteiger partial charge in [0.25, 0.3) is 5.91 Å². The second kappa shape index (κ2) is 8.27. The van der Waals surface area contributed by atoms with Crippen LogP contribution in [0, 0.1) is 6.92 Å². The highest BCUT2D eigenvalue weighted by Crippen LogP contribution is 2.17. The molecule has 0 bridgehead atoms. The van der Waals surface area contributed by atoms with Gasteiger partial charge in [0, 0.05) is 50.5 Å². The molecule has 0 aliphatic rings. The summed E-state index contributed by atoms with van der Waals surface area (Å²) in [5.74, 6) is 0.861. The number of anilines is 3. The summed E-state index contributed by atoms with van der Waals surface area (Å²) in [6.07, 6.45) is 3.48. The van der Waals surface area contributed by atoms with Gasteiger partial charge in [0.2, 0.25) is 0 Å². The lowest BCUT2D eigenvalue weighted by Crippen LogP contribution is -2.16. The lowest BCUT2D eigenvalue weighted by Gasteiger charge is -2.13. The molecule has 0 unspecified atom stereocenters. The summed E-state index contributed by atoms with van der Waals surface area (Å²) in [6, 6.07) is 13.1. The third kappa shape index (κ3) is 5.01. The zero-order chi connectivity index (χ0) is 19.2. The van der Waals surface area contributed by atoms with Gasteiger partial charge in [0.1, 0.15) is 17.3 Å². The Kier molecular flexibility index (Phi) is 5.61. The van der Waals surface area contributed by atoms with E-state index in [4.69, 9.17) is 0 Å². The average molecular weight is 362 g/mol. The Bertz CT molecular complexity index is 910. The van der Waals surface area contributed by atoms with Crippen LogP contribution in [0.1, 0.15) is 21.9 Å². The highest BCUT2D eigenvalue weighted by molar-refractivity contribution is 6.03. The molecule has 7 nitrogen and oxygen atoms in total. The number of pyridine rings is 1. The Balaban J connectivity index is 1.69. The molecule has 0 aliphatic heterocycles. The Hall–Kier alpha value is -3.48. The number of amides is 1. The lowest BCUT2D eigenvalue weighted by molar-refractivity contribution is 0.102. The van der Waals surface area contributed by atoms with Crippen LogP contribution in [0.15, 0.2) is 54.9 Å². The van der Waals surface area contributed by atoms with Crippen LogP contribution in [0.25, 0.3) is 0 Å². The van der Waals surface area contributed by atoms with Crippen molar-refractivity contribution < 1.29 is 4.79 Å². The molecule has 138 valence electrons. The SMILES string of the molecule is Cc1nc(NCc2ccncc2)cc(C(=O)Nc2ccc(N(C)C)cc2)n1.